The number of amides is 1. The number of methoxy groups -OCH3 is 1. The van der Waals surface area contributed by atoms with Gasteiger partial charge in [0.2, 0.25) is 5.82 Å². The van der Waals surface area contributed by atoms with Gasteiger partial charge in [0.15, 0.2) is 0 Å². The van der Waals surface area contributed by atoms with Crippen molar-refractivity contribution in [3.05, 3.63) is 108 Å². The van der Waals surface area contributed by atoms with E-state index in [4.69, 9.17) is 15.0 Å². The maximum absolute atomic E-state index is 12.7. The highest BCUT2D eigenvalue weighted by Gasteiger charge is 2.13. The summed E-state index contributed by atoms with van der Waals surface area (Å²) in [6.07, 6.45) is 9.79. The SMILES string of the molecule is COc1cc(-c2cncc(N[C@@H](C)c3cccc(NC(=O)c4cncc(C)c4)c3)n2)ccc1-c1cnc(C#N)nc1. The van der Waals surface area contributed by atoms with E-state index in [2.05, 4.69) is 30.6 Å². The van der Waals surface area contributed by atoms with Gasteiger partial charge >= 0.3 is 0 Å². The maximum atomic E-state index is 12.7. The Morgan fingerprint density at radius 2 is 1.76 bits per heavy atom. The summed E-state index contributed by atoms with van der Waals surface area (Å²) in [6, 6.07) is 16.9. The quantitative estimate of drug-likeness (QED) is 0.256. The van der Waals surface area contributed by atoms with E-state index < -0.39 is 0 Å². The summed E-state index contributed by atoms with van der Waals surface area (Å²) in [5.41, 5.74) is 6.08. The molecule has 0 aliphatic rings. The van der Waals surface area contributed by atoms with E-state index in [1.807, 2.05) is 62.4 Å². The van der Waals surface area contributed by atoms with Crippen molar-refractivity contribution in [3.8, 4) is 34.2 Å². The number of benzene rings is 2. The molecule has 0 aliphatic heterocycles. The van der Waals surface area contributed by atoms with Crippen molar-refractivity contribution in [2.75, 3.05) is 17.7 Å². The minimum Gasteiger partial charge on any atom is -0.496 e. The number of nitrogens with one attached hydrogen (secondary N) is 2. The first kappa shape index (κ1) is 26.9. The number of hydrogen-bond acceptors (Lipinski definition) is 9. The first-order chi connectivity index (χ1) is 19.9. The number of pyridine rings is 1. The molecule has 2 N–H and O–H groups in total. The number of anilines is 2. The van der Waals surface area contributed by atoms with Crippen molar-refractivity contribution in [2.24, 2.45) is 0 Å². The zero-order valence-corrected chi connectivity index (χ0v) is 22.7. The van der Waals surface area contributed by atoms with Crippen molar-refractivity contribution < 1.29 is 9.53 Å². The van der Waals surface area contributed by atoms with Gasteiger partial charge in [0.05, 0.1) is 36.8 Å². The summed E-state index contributed by atoms with van der Waals surface area (Å²) in [5.74, 6) is 1.10. The third-order valence-corrected chi connectivity index (χ3v) is 6.34. The number of aromatic nitrogens is 5. The molecule has 0 saturated carbocycles. The average molecular weight is 543 g/mol. The molecule has 1 amide bonds. The van der Waals surface area contributed by atoms with Crippen LogP contribution in [0.1, 0.15) is 40.3 Å². The number of nitrogens with zero attached hydrogens (tertiary/aromatic N) is 6. The van der Waals surface area contributed by atoms with E-state index in [0.717, 1.165) is 27.8 Å². The summed E-state index contributed by atoms with van der Waals surface area (Å²) in [4.78, 5) is 34.0. The minimum atomic E-state index is -0.217. The number of hydrogen-bond donors (Lipinski definition) is 2. The van der Waals surface area contributed by atoms with Crippen LogP contribution in [0.2, 0.25) is 0 Å². The lowest BCUT2D eigenvalue weighted by atomic mass is 10.0. The zero-order valence-electron chi connectivity index (χ0n) is 22.7. The van der Waals surface area contributed by atoms with Gasteiger partial charge in [0, 0.05) is 47.2 Å². The monoisotopic (exact) mass is 542 g/mol. The van der Waals surface area contributed by atoms with E-state index in [1.54, 1.807) is 50.4 Å². The second-order valence-electron chi connectivity index (χ2n) is 9.31. The predicted molar refractivity (Wildman–Crippen MR) is 155 cm³/mol. The van der Waals surface area contributed by atoms with Gasteiger partial charge in [-0.1, -0.05) is 18.2 Å². The number of rotatable bonds is 8. The van der Waals surface area contributed by atoms with Crippen LogP contribution in [0.25, 0.3) is 22.4 Å². The smallest absolute Gasteiger partial charge is 0.257 e. The standard InChI is InChI=1S/C31H26N8O2/c1-19-9-23(14-33-13-19)31(40)38-25-6-4-5-21(10-25)20(2)37-30-18-34-17-27(39-30)22-7-8-26(28(11-22)41-3)24-15-35-29(12-32)36-16-24/h4-11,13-18,20H,1-3H3,(H,37,39)(H,38,40)/t20-/m0/s1. The van der Waals surface area contributed by atoms with Crippen molar-refractivity contribution in [1.82, 2.24) is 24.9 Å². The van der Waals surface area contributed by atoms with Crippen molar-refractivity contribution in [3.63, 3.8) is 0 Å². The third-order valence-electron chi connectivity index (χ3n) is 6.34. The molecule has 0 radical (unpaired) electrons. The van der Waals surface area contributed by atoms with Gasteiger partial charge in [-0.3, -0.25) is 14.8 Å². The fourth-order valence-corrected chi connectivity index (χ4v) is 4.26. The topological polar surface area (TPSA) is 139 Å². The summed E-state index contributed by atoms with van der Waals surface area (Å²) in [6.45, 7) is 3.91. The van der Waals surface area contributed by atoms with Gasteiger partial charge in [-0.05, 0) is 55.3 Å². The molecule has 0 bridgehead atoms. The van der Waals surface area contributed by atoms with Gasteiger partial charge in [-0.2, -0.15) is 5.26 Å². The van der Waals surface area contributed by atoms with E-state index in [9.17, 15) is 4.79 Å². The summed E-state index contributed by atoms with van der Waals surface area (Å²) >= 11 is 0. The van der Waals surface area contributed by atoms with Crippen LogP contribution in [0.15, 0.2) is 85.7 Å². The minimum absolute atomic E-state index is 0.106. The average Bonchev–Trinajstić information content (AvgIpc) is 3.01. The third kappa shape index (κ3) is 6.32. The van der Waals surface area contributed by atoms with E-state index in [1.165, 1.54) is 0 Å². The molecule has 3 aromatic heterocycles. The molecule has 3 heterocycles. The molecule has 10 heteroatoms. The lowest BCUT2D eigenvalue weighted by molar-refractivity contribution is 0.102. The normalized spacial score (nSPS) is 11.3. The number of carbonyl (C=O) groups excluding carboxylic acids is 1. The van der Waals surface area contributed by atoms with Crippen LogP contribution in [0.5, 0.6) is 5.75 Å². The second kappa shape index (κ2) is 12.0. The fourth-order valence-electron chi connectivity index (χ4n) is 4.26. The van der Waals surface area contributed by atoms with Gasteiger partial charge in [-0.15, -0.1) is 0 Å². The molecule has 0 saturated heterocycles. The van der Waals surface area contributed by atoms with Crippen molar-refractivity contribution >= 4 is 17.4 Å². The summed E-state index contributed by atoms with van der Waals surface area (Å²) in [5, 5.41) is 15.3. The molecular weight excluding hydrogens is 516 g/mol. The van der Waals surface area contributed by atoms with Gasteiger partial charge in [-0.25, -0.2) is 15.0 Å². The van der Waals surface area contributed by atoms with Crippen LogP contribution >= 0.6 is 0 Å². The molecule has 0 aliphatic carbocycles. The number of ether oxygens (including phenoxy) is 1. The van der Waals surface area contributed by atoms with Crippen LogP contribution in [-0.4, -0.2) is 37.9 Å². The zero-order chi connectivity index (χ0) is 28.8. The first-order valence-electron chi connectivity index (χ1n) is 12.8. The van der Waals surface area contributed by atoms with Crippen molar-refractivity contribution in [1.29, 1.82) is 5.26 Å². The Hall–Kier alpha value is -5.69. The molecule has 2 aromatic carbocycles. The molecular formula is C31H26N8O2. The number of nitriles is 1. The molecule has 10 nitrogen and oxygen atoms in total. The first-order valence-corrected chi connectivity index (χ1v) is 12.8. The second-order valence-corrected chi connectivity index (χ2v) is 9.31. The molecule has 5 aromatic rings. The Morgan fingerprint density at radius 3 is 2.51 bits per heavy atom. The van der Waals surface area contributed by atoms with Gasteiger partial charge in [0.25, 0.3) is 5.91 Å². The Morgan fingerprint density at radius 1 is 0.951 bits per heavy atom. The lowest BCUT2D eigenvalue weighted by Crippen LogP contribution is -2.13. The largest absolute Gasteiger partial charge is 0.496 e. The van der Waals surface area contributed by atoms with Gasteiger partial charge < -0.3 is 15.4 Å². The van der Waals surface area contributed by atoms with Crippen LogP contribution in [0, 0.1) is 18.3 Å². The van der Waals surface area contributed by atoms with Crippen LogP contribution in [-0.2, 0) is 0 Å². The Balaban J connectivity index is 1.32. The summed E-state index contributed by atoms with van der Waals surface area (Å²) in [7, 11) is 1.59. The summed E-state index contributed by atoms with van der Waals surface area (Å²) < 4.78 is 5.63. The molecule has 0 fully saturated rings. The Kier molecular flexibility index (Phi) is 7.88. The molecule has 41 heavy (non-hydrogen) atoms. The highest BCUT2D eigenvalue weighted by molar-refractivity contribution is 6.04. The number of carbonyl (C=O) groups is 1. The maximum Gasteiger partial charge on any atom is 0.257 e. The van der Waals surface area contributed by atoms with Gasteiger partial charge in [0.1, 0.15) is 17.6 Å². The Labute approximate surface area is 237 Å². The van der Waals surface area contributed by atoms with E-state index in [-0.39, 0.29) is 17.8 Å². The van der Waals surface area contributed by atoms with Crippen molar-refractivity contribution in [2.45, 2.75) is 19.9 Å². The highest BCUT2D eigenvalue weighted by Crippen LogP contribution is 2.33. The van der Waals surface area contributed by atoms with Crippen LogP contribution < -0.4 is 15.4 Å². The van der Waals surface area contributed by atoms with E-state index >= 15 is 0 Å². The molecule has 0 unspecified atom stereocenters. The van der Waals surface area contributed by atoms with Crippen LogP contribution in [0.3, 0.4) is 0 Å². The molecule has 202 valence electrons. The molecule has 0 spiro atoms. The fraction of sp³-hybridized carbons (Fsp3) is 0.129. The Bertz CT molecular complexity index is 1750. The number of aryl methyl sites for hydroxylation is 1. The van der Waals surface area contributed by atoms with E-state index in [0.29, 0.717) is 28.5 Å². The molecule has 5 rings (SSSR count). The van der Waals surface area contributed by atoms with Crippen LogP contribution in [0.4, 0.5) is 11.5 Å². The lowest BCUT2D eigenvalue weighted by Gasteiger charge is -2.17. The predicted octanol–water partition coefficient (Wildman–Crippen LogP) is 5.61. The molecule has 1 atom stereocenters. The highest BCUT2D eigenvalue weighted by atomic mass is 16.5.